The Morgan fingerprint density at radius 3 is 2.61 bits per heavy atom. The van der Waals surface area contributed by atoms with Gasteiger partial charge in [0.1, 0.15) is 0 Å². The van der Waals surface area contributed by atoms with Crippen molar-refractivity contribution in [1.29, 1.82) is 0 Å². The number of carbonyl (C=O) groups excluding carboxylic acids is 2. The first kappa shape index (κ1) is 13.1. The molecule has 5 nitrogen and oxygen atoms in total. The molecule has 1 aliphatic carbocycles. The number of hydrogen-bond donors (Lipinski definition) is 2. The van der Waals surface area contributed by atoms with E-state index >= 15 is 0 Å². The van der Waals surface area contributed by atoms with Crippen molar-refractivity contribution in [2.24, 2.45) is 5.73 Å². The van der Waals surface area contributed by atoms with Crippen molar-refractivity contribution >= 4 is 27.7 Å². The molecule has 2 amide bonds. The number of nitrogens with one attached hydrogen (secondary N) is 1. The van der Waals surface area contributed by atoms with Gasteiger partial charge in [0.25, 0.3) is 5.91 Å². The normalized spacial score (nSPS) is 17.0. The van der Waals surface area contributed by atoms with E-state index in [4.69, 9.17) is 10.2 Å². The van der Waals surface area contributed by atoms with Gasteiger partial charge in [0.2, 0.25) is 5.91 Å². The summed E-state index contributed by atoms with van der Waals surface area (Å²) < 4.78 is 5.83. The molecule has 0 atom stereocenters. The molecule has 1 saturated carbocycles. The molecule has 1 heterocycles. The third kappa shape index (κ3) is 2.58. The Bertz CT molecular complexity index is 472. The third-order valence-electron chi connectivity index (χ3n) is 3.28. The van der Waals surface area contributed by atoms with Crippen molar-refractivity contribution in [1.82, 2.24) is 5.32 Å². The second kappa shape index (κ2) is 4.76. The van der Waals surface area contributed by atoms with Crippen LogP contribution >= 0.6 is 15.9 Å². The van der Waals surface area contributed by atoms with Gasteiger partial charge in [-0.1, -0.05) is 0 Å². The van der Waals surface area contributed by atoms with Crippen LogP contribution in [0.5, 0.6) is 0 Å². The first-order valence-electron chi connectivity index (χ1n) is 5.79. The number of nitrogens with two attached hydrogens (primary N) is 1. The molecule has 1 fully saturated rings. The van der Waals surface area contributed by atoms with E-state index in [1.165, 1.54) is 0 Å². The minimum atomic E-state index is -0.476. The van der Waals surface area contributed by atoms with Gasteiger partial charge in [0, 0.05) is 17.5 Å². The molecule has 0 radical (unpaired) electrons. The summed E-state index contributed by atoms with van der Waals surface area (Å²) in [6, 6.07) is 1.66. The second-order valence-electron chi connectivity index (χ2n) is 4.80. The quantitative estimate of drug-likeness (QED) is 0.889. The molecule has 2 rings (SSSR count). The molecule has 6 heteroatoms. The summed E-state index contributed by atoms with van der Waals surface area (Å²) in [5.74, 6) is -0.452. The zero-order chi connectivity index (χ0) is 13.3. The zero-order valence-corrected chi connectivity index (χ0v) is 11.7. The van der Waals surface area contributed by atoms with Crippen molar-refractivity contribution in [3.05, 3.63) is 22.1 Å². The lowest BCUT2D eigenvalue weighted by Crippen LogP contribution is -2.55. The first-order valence-corrected chi connectivity index (χ1v) is 6.58. The highest BCUT2D eigenvalue weighted by Crippen LogP contribution is 2.35. The van der Waals surface area contributed by atoms with Gasteiger partial charge in [-0.25, -0.2) is 0 Å². The Kier molecular flexibility index (Phi) is 3.47. The van der Waals surface area contributed by atoms with E-state index < -0.39 is 11.4 Å². The van der Waals surface area contributed by atoms with Crippen LogP contribution < -0.4 is 11.1 Å². The summed E-state index contributed by atoms with van der Waals surface area (Å²) in [6.07, 6.45) is 2.74. The van der Waals surface area contributed by atoms with Gasteiger partial charge in [-0.2, -0.15) is 0 Å². The predicted octanol–water partition coefficient (Wildman–Crippen LogP) is 1.88. The average molecular weight is 315 g/mol. The summed E-state index contributed by atoms with van der Waals surface area (Å²) in [6.45, 7) is 1.84. The number of amides is 2. The maximum atomic E-state index is 12.0. The molecule has 3 N–H and O–H groups in total. The molecule has 0 aromatic carbocycles. The fraction of sp³-hybridized carbons (Fsp3) is 0.500. The maximum Gasteiger partial charge on any atom is 0.287 e. The number of primary amides is 1. The molecular weight excluding hydrogens is 300 g/mol. The van der Waals surface area contributed by atoms with Gasteiger partial charge in [0.05, 0.1) is 0 Å². The van der Waals surface area contributed by atoms with Crippen LogP contribution in [0.2, 0.25) is 0 Å². The molecule has 0 bridgehead atoms. The van der Waals surface area contributed by atoms with Crippen LogP contribution in [0.4, 0.5) is 0 Å². The minimum absolute atomic E-state index is 0.180. The second-order valence-corrected chi connectivity index (χ2v) is 5.52. The summed E-state index contributed by atoms with van der Waals surface area (Å²) in [5, 5.41) is 2.86. The lowest BCUT2D eigenvalue weighted by atomic mass is 9.74. The van der Waals surface area contributed by atoms with Gasteiger partial charge >= 0.3 is 0 Å². The predicted molar refractivity (Wildman–Crippen MR) is 69.0 cm³/mol. The van der Waals surface area contributed by atoms with Crippen LogP contribution in [-0.2, 0) is 4.79 Å². The van der Waals surface area contributed by atoms with E-state index in [1.807, 2.05) is 6.92 Å². The van der Waals surface area contributed by atoms with Crippen molar-refractivity contribution < 1.29 is 14.0 Å². The minimum Gasteiger partial charge on any atom is -0.444 e. The van der Waals surface area contributed by atoms with Crippen molar-refractivity contribution in [2.75, 3.05) is 0 Å². The first-order chi connectivity index (χ1) is 8.42. The number of halogens is 1. The monoisotopic (exact) mass is 314 g/mol. The molecule has 1 aromatic heterocycles. The highest BCUT2D eigenvalue weighted by molar-refractivity contribution is 9.10. The molecule has 0 saturated heterocycles. The summed E-state index contributed by atoms with van der Waals surface area (Å²) >= 11 is 3.21. The molecular formula is C12H15BrN2O3. The molecule has 18 heavy (non-hydrogen) atoms. The zero-order valence-electron chi connectivity index (χ0n) is 10.1. The van der Waals surface area contributed by atoms with Gasteiger partial charge in [-0.3, -0.25) is 9.59 Å². The van der Waals surface area contributed by atoms with Crippen molar-refractivity contribution in [3.63, 3.8) is 0 Å². The SMILES string of the molecule is Cc1cc(C(=O)NC2(CC(N)=O)CCC2)oc1Br. The highest BCUT2D eigenvalue weighted by Gasteiger charge is 2.40. The van der Waals surface area contributed by atoms with E-state index in [0.29, 0.717) is 4.67 Å². The molecule has 1 aromatic rings. The Labute approximate surface area is 113 Å². The van der Waals surface area contributed by atoms with Crippen LogP contribution in [0.3, 0.4) is 0 Å². The lowest BCUT2D eigenvalue weighted by Gasteiger charge is -2.41. The Morgan fingerprint density at radius 1 is 1.56 bits per heavy atom. The number of hydrogen-bond acceptors (Lipinski definition) is 3. The van der Waals surface area contributed by atoms with E-state index in [9.17, 15) is 9.59 Å². The van der Waals surface area contributed by atoms with Crippen LogP contribution in [0, 0.1) is 6.92 Å². The summed E-state index contributed by atoms with van der Waals surface area (Å²) in [7, 11) is 0. The fourth-order valence-corrected chi connectivity index (χ4v) is 2.45. The molecule has 0 aliphatic heterocycles. The number of aryl methyl sites for hydroxylation is 1. The Balaban J connectivity index is 2.08. The van der Waals surface area contributed by atoms with Crippen LogP contribution in [0.15, 0.2) is 15.2 Å². The van der Waals surface area contributed by atoms with Crippen LogP contribution in [-0.4, -0.2) is 17.4 Å². The van der Waals surface area contributed by atoms with Crippen LogP contribution in [0.25, 0.3) is 0 Å². The lowest BCUT2D eigenvalue weighted by molar-refractivity contribution is -0.120. The van der Waals surface area contributed by atoms with E-state index in [0.717, 1.165) is 24.8 Å². The summed E-state index contributed by atoms with van der Waals surface area (Å²) in [5.41, 5.74) is 5.59. The molecule has 98 valence electrons. The smallest absolute Gasteiger partial charge is 0.287 e. The Morgan fingerprint density at radius 2 is 2.22 bits per heavy atom. The van der Waals surface area contributed by atoms with Crippen molar-refractivity contribution in [2.45, 2.75) is 38.1 Å². The van der Waals surface area contributed by atoms with E-state index in [1.54, 1.807) is 6.07 Å². The van der Waals surface area contributed by atoms with Crippen LogP contribution in [0.1, 0.15) is 41.8 Å². The fourth-order valence-electron chi connectivity index (χ4n) is 2.16. The number of rotatable bonds is 4. The van der Waals surface area contributed by atoms with Gasteiger partial charge in [-0.15, -0.1) is 0 Å². The molecule has 0 spiro atoms. The van der Waals surface area contributed by atoms with Gasteiger partial charge in [-0.05, 0) is 48.2 Å². The standard InChI is InChI=1S/C12H15BrN2O3/c1-7-5-8(18-10(7)13)11(17)15-12(3-2-4-12)6-9(14)16/h5H,2-4,6H2,1H3,(H2,14,16)(H,15,17). The Hall–Kier alpha value is -1.30. The van der Waals surface area contributed by atoms with E-state index in [2.05, 4.69) is 21.2 Å². The largest absolute Gasteiger partial charge is 0.444 e. The summed E-state index contributed by atoms with van der Waals surface area (Å²) in [4.78, 5) is 23.0. The number of carbonyl (C=O) groups is 2. The molecule has 0 unspecified atom stereocenters. The highest BCUT2D eigenvalue weighted by atomic mass is 79.9. The van der Waals surface area contributed by atoms with Crippen molar-refractivity contribution in [3.8, 4) is 0 Å². The topological polar surface area (TPSA) is 85.3 Å². The van der Waals surface area contributed by atoms with Gasteiger partial charge < -0.3 is 15.5 Å². The third-order valence-corrected chi connectivity index (χ3v) is 4.07. The van der Waals surface area contributed by atoms with Gasteiger partial charge in [0.15, 0.2) is 10.4 Å². The van der Waals surface area contributed by atoms with E-state index in [-0.39, 0.29) is 18.1 Å². The average Bonchev–Trinajstić information content (AvgIpc) is 2.55. The number of furan rings is 1. The maximum absolute atomic E-state index is 12.0. The molecule has 1 aliphatic rings.